The van der Waals surface area contributed by atoms with E-state index in [2.05, 4.69) is 30.9 Å². The van der Waals surface area contributed by atoms with Crippen LogP contribution in [0.25, 0.3) is 0 Å². The summed E-state index contributed by atoms with van der Waals surface area (Å²) in [4.78, 5) is 19.6. The van der Waals surface area contributed by atoms with Crippen LogP contribution in [0.5, 0.6) is 0 Å². The highest BCUT2D eigenvalue weighted by atomic mass is 35.5. The molecule has 0 bridgehead atoms. The number of benzene rings is 2. The van der Waals surface area contributed by atoms with Crippen molar-refractivity contribution in [1.29, 1.82) is 0 Å². The Morgan fingerprint density at radius 1 is 1.04 bits per heavy atom. The zero-order valence-corrected chi connectivity index (χ0v) is 17.1. The minimum absolute atomic E-state index is 0.0633. The van der Waals surface area contributed by atoms with Crippen molar-refractivity contribution < 1.29 is 4.79 Å². The lowest BCUT2D eigenvalue weighted by atomic mass is 9.93. The normalized spacial score (nSPS) is 16.8. The first-order valence-electron chi connectivity index (χ1n) is 9.75. The van der Waals surface area contributed by atoms with Crippen molar-refractivity contribution >= 4 is 23.3 Å². The molecular formula is C22H28ClN3O. The zero-order chi connectivity index (χ0) is 19.4. The van der Waals surface area contributed by atoms with Crippen molar-refractivity contribution in [3.05, 3.63) is 64.7 Å². The van der Waals surface area contributed by atoms with Gasteiger partial charge in [-0.2, -0.15) is 0 Å². The number of likely N-dealkylation sites (N-methyl/N-ethyl adjacent to an activating group) is 1. The zero-order valence-electron chi connectivity index (χ0n) is 16.4. The average molecular weight is 386 g/mol. The van der Waals surface area contributed by atoms with E-state index in [4.69, 9.17) is 11.6 Å². The Labute approximate surface area is 167 Å². The molecule has 0 radical (unpaired) electrons. The van der Waals surface area contributed by atoms with Crippen molar-refractivity contribution in [2.24, 2.45) is 0 Å². The van der Waals surface area contributed by atoms with E-state index in [0.29, 0.717) is 18.1 Å². The van der Waals surface area contributed by atoms with Gasteiger partial charge in [-0.15, -0.1) is 0 Å². The smallest absolute Gasteiger partial charge is 0.312 e. The summed E-state index contributed by atoms with van der Waals surface area (Å²) in [6, 6.07) is 16.0. The summed E-state index contributed by atoms with van der Waals surface area (Å²) < 4.78 is 0. The Balaban J connectivity index is 2.07. The molecule has 0 aliphatic carbocycles. The lowest BCUT2D eigenvalue weighted by molar-refractivity contribution is 0.172. The molecule has 2 aromatic carbocycles. The Morgan fingerprint density at radius 3 is 2.37 bits per heavy atom. The number of carbonyl (C=O) groups is 1. The molecule has 0 saturated carbocycles. The lowest BCUT2D eigenvalue weighted by Gasteiger charge is -2.43. The third-order valence-corrected chi connectivity index (χ3v) is 5.58. The minimum atomic E-state index is -0.120. The summed E-state index contributed by atoms with van der Waals surface area (Å²) in [6.07, 6.45) is 0. The Bertz CT molecular complexity index is 776. The number of nitrogens with zero attached hydrogens (tertiary/aromatic N) is 3. The van der Waals surface area contributed by atoms with Crippen molar-refractivity contribution in [1.82, 2.24) is 9.80 Å². The Kier molecular flexibility index (Phi) is 6.40. The summed E-state index contributed by atoms with van der Waals surface area (Å²) in [6.45, 7) is 10.5. The van der Waals surface area contributed by atoms with Gasteiger partial charge in [-0.1, -0.05) is 55.8 Å². The topological polar surface area (TPSA) is 26.8 Å². The molecule has 5 heteroatoms. The van der Waals surface area contributed by atoms with E-state index >= 15 is 0 Å². The van der Waals surface area contributed by atoms with Crippen LogP contribution in [0.15, 0.2) is 48.5 Å². The maximum Gasteiger partial charge on any atom is 0.325 e. The molecule has 1 aliphatic rings. The summed E-state index contributed by atoms with van der Waals surface area (Å²) in [5.41, 5.74) is 3.17. The molecule has 1 unspecified atom stereocenters. The number of hydrogen-bond donors (Lipinski definition) is 0. The molecule has 0 aromatic heterocycles. The van der Waals surface area contributed by atoms with E-state index in [1.807, 2.05) is 53.1 Å². The highest BCUT2D eigenvalue weighted by Gasteiger charge is 2.37. The second-order valence-electron chi connectivity index (χ2n) is 6.76. The molecule has 0 N–H and O–H groups in total. The van der Waals surface area contributed by atoms with E-state index in [1.165, 1.54) is 0 Å². The number of halogens is 1. The van der Waals surface area contributed by atoms with Crippen molar-refractivity contribution in [2.45, 2.75) is 26.8 Å². The molecule has 4 nitrogen and oxygen atoms in total. The fourth-order valence-electron chi connectivity index (χ4n) is 3.84. The molecule has 1 atom stereocenters. The van der Waals surface area contributed by atoms with E-state index in [0.717, 1.165) is 36.4 Å². The number of anilines is 1. The number of rotatable bonds is 7. The van der Waals surface area contributed by atoms with Crippen molar-refractivity contribution in [2.75, 3.05) is 37.6 Å². The molecular weight excluding hydrogens is 358 g/mol. The minimum Gasteiger partial charge on any atom is -0.312 e. The number of urea groups is 1. The SMILES string of the molecule is CCN(CC)CCN1C(=O)N(CC)c2ccc(Cl)cc2C1c1ccccc1. The predicted molar refractivity (Wildman–Crippen MR) is 113 cm³/mol. The van der Waals surface area contributed by atoms with Crippen LogP contribution in [-0.4, -0.2) is 48.6 Å². The van der Waals surface area contributed by atoms with E-state index in [9.17, 15) is 4.79 Å². The van der Waals surface area contributed by atoms with Gasteiger partial charge >= 0.3 is 6.03 Å². The Hall–Kier alpha value is -2.04. The second kappa shape index (κ2) is 8.77. The van der Waals surface area contributed by atoms with Crippen molar-refractivity contribution in [3.63, 3.8) is 0 Å². The van der Waals surface area contributed by atoms with E-state index in [-0.39, 0.29) is 12.1 Å². The molecule has 0 spiro atoms. The van der Waals surface area contributed by atoms with Gasteiger partial charge in [0.1, 0.15) is 0 Å². The monoisotopic (exact) mass is 385 g/mol. The quantitative estimate of drug-likeness (QED) is 0.668. The first kappa shape index (κ1) is 19.7. The Morgan fingerprint density at radius 2 is 1.74 bits per heavy atom. The maximum atomic E-state index is 13.4. The number of fused-ring (bicyclic) bond motifs is 1. The van der Waals surface area contributed by atoms with Crippen LogP contribution in [0.2, 0.25) is 5.02 Å². The molecule has 27 heavy (non-hydrogen) atoms. The first-order chi connectivity index (χ1) is 13.1. The molecule has 1 heterocycles. The fourth-order valence-corrected chi connectivity index (χ4v) is 4.02. The van der Waals surface area contributed by atoms with Crippen LogP contribution >= 0.6 is 11.6 Å². The van der Waals surface area contributed by atoms with Crippen LogP contribution in [0.3, 0.4) is 0 Å². The molecule has 144 valence electrons. The van der Waals surface area contributed by atoms with Gasteiger partial charge in [0.2, 0.25) is 0 Å². The van der Waals surface area contributed by atoms with Crippen LogP contribution in [0.4, 0.5) is 10.5 Å². The van der Waals surface area contributed by atoms with Gasteiger partial charge in [-0.3, -0.25) is 4.90 Å². The summed E-state index contributed by atoms with van der Waals surface area (Å²) in [7, 11) is 0. The average Bonchev–Trinajstić information content (AvgIpc) is 2.69. The van der Waals surface area contributed by atoms with E-state index < -0.39 is 0 Å². The van der Waals surface area contributed by atoms with Crippen LogP contribution in [-0.2, 0) is 0 Å². The standard InChI is InChI=1S/C22H28ClN3O/c1-4-24(5-2)14-15-26-21(17-10-8-7-9-11-17)19-16-18(23)12-13-20(19)25(6-3)22(26)27/h7-13,16,21H,4-6,14-15H2,1-3H3. The highest BCUT2D eigenvalue weighted by molar-refractivity contribution is 6.30. The molecule has 0 fully saturated rings. The molecule has 0 saturated heterocycles. The van der Waals surface area contributed by atoms with Gasteiger partial charge in [0.25, 0.3) is 0 Å². The first-order valence-corrected chi connectivity index (χ1v) is 10.1. The number of hydrogen-bond acceptors (Lipinski definition) is 2. The van der Waals surface area contributed by atoms with Crippen molar-refractivity contribution in [3.8, 4) is 0 Å². The van der Waals surface area contributed by atoms with Crippen LogP contribution in [0.1, 0.15) is 37.9 Å². The fraction of sp³-hybridized carbons (Fsp3) is 0.409. The maximum absolute atomic E-state index is 13.4. The number of amides is 2. The summed E-state index contributed by atoms with van der Waals surface area (Å²) in [5.74, 6) is 0. The van der Waals surface area contributed by atoms with Gasteiger partial charge in [-0.25, -0.2) is 4.79 Å². The van der Waals surface area contributed by atoms with Gasteiger partial charge < -0.3 is 9.80 Å². The third-order valence-electron chi connectivity index (χ3n) is 5.35. The predicted octanol–water partition coefficient (Wildman–Crippen LogP) is 5.03. The summed E-state index contributed by atoms with van der Waals surface area (Å²) in [5, 5.41) is 0.698. The highest BCUT2D eigenvalue weighted by Crippen LogP contribution is 2.41. The van der Waals surface area contributed by atoms with Crippen LogP contribution < -0.4 is 4.90 Å². The van der Waals surface area contributed by atoms with Gasteiger partial charge in [-0.05, 0) is 43.8 Å². The largest absolute Gasteiger partial charge is 0.325 e. The molecule has 3 rings (SSSR count). The summed E-state index contributed by atoms with van der Waals surface area (Å²) >= 11 is 6.35. The molecule has 2 aromatic rings. The van der Waals surface area contributed by atoms with Crippen LogP contribution in [0, 0.1) is 0 Å². The van der Waals surface area contributed by atoms with E-state index in [1.54, 1.807) is 0 Å². The van der Waals surface area contributed by atoms with Gasteiger partial charge in [0.15, 0.2) is 0 Å². The molecule has 2 amide bonds. The molecule has 1 aliphatic heterocycles. The van der Waals surface area contributed by atoms with Gasteiger partial charge in [0.05, 0.1) is 11.7 Å². The number of carbonyl (C=O) groups excluding carboxylic acids is 1. The lowest BCUT2D eigenvalue weighted by Crippen LogP contribution is -2.51. The third kappa shape index (κ3) is 3.97. The van der Waals surface area contributed by atoms with Gasteiger partial charge in [0, 0.05) is 30.2 Å². The second-order valence-corrected chi connectivity index (χ2v) is 7.20.